The van der Waals surface area contributed by atoms with Crippen molar-refractivity contribution in [3.8, 4) is 11.3 Å². The Hall–Kier alpha value is -2.69. The maximum absolute atomic E-state index is 12.6. The van der Waals surface area contributed by atoms with E-state index in [1.165, 1.54) is 11.8 Å². The van der Waals surface area contributed by atoms with Crippen LogP contribution in [0.15, 0.2) is 57.1 Å². The number of thioether (sulfide) groups is 1. The molecule has 1 amide bonds. The minimum Gasteiger partial charge on any atom is -0.352 e. The summed E-state index contributed by atoms with van der Waals surface area (Å²) in [4.78, 5) is 19.9. The molecular weight excluding hydrogens is 464 g/mol. The van der Waals surface area contributed by atoms with Gasteiger partial charge in [0.2, 0.25) is 0 Å². The Labute approximate surface area is 194 Å². The highest BCUT2D eigenvalue weighted by molar-refractivity contribution is 8.15. The number of aryl methyl sites for hydroxylation is 1. The van der Waals surface area contributed by atoms with Gasteiger partial charge in [0.05, 0.1) is 22.1 Å². The van der Waals surface area contributed by atoms with Crippen LogP contribution in [0.3, 0.4) is 0 Å². The van der Waals surface area contributed by atoms with E-state index in [2.05, 4.69) is 44.3 Å². The van der Waals surface area contributed by atoms with Gasteiger partial charge in [0.1, 0.15) is 0 Å². The summed E-state index contributed by atoms with van der Waals surface area (Å²) in [6.07, 6.45) is 0.726. The molecule has 164 valence electrons. The zero-order chi connectivity index (χ0) is 22.3. The summed E-state index contributed by atoms with van der Waals surface area (Å²) in [5, 5.41) is 6.52. The largest absolute Gasteiger partial charge is 0.352 e. The fourth-order valence-corrected chi connectivity index (χ4v) is 6.55. The third-order valence-electron chi connectivity index (χ3n) is 5.30. The summed E-state index contributed by atoms with van der Waals surface area (Å²) in [6, 6.07) is 13.7. The quantitative estimate of drug-likeness (QED) is 0.594. The number of amides is 1. The van der Waals surface area contributed by atoms with Crippen LogP contribution in [0, 0.1) is 6.92 Å². The highest BCUT2D eigenvalue weighted by Gasteiger charge is 2.33. The zero-order valence-electron chi connectivity index (χ0n) is 17.2. The molecule has 0 atom stereocenters. The first-order valence-electron chi connectivity index (χ1n) is 10.1. The molecule has 0 bridgehead atoms. The highest BCUT2D eigenvalue weighted by Crippen LogP contribution is 2.42. The molecule has 10 heteroatoms. The SMILES string of the molecule is Cc1nc(-c2ccc(CCNC(=O)c3ccc4c(c3)SC3=NS(=O)(=O)CCN34)cc2)cs1. The molecule has 2 aromatic carbocycles. The number of fused-ring (bicyclic) bond motifs is 3. The number of benzene rings is 2. The zero-order valence-corrected chi connectivity index (χ0v) is 19.7. The lowest BCUT2D eigenvalue weighted by Gasteiger charge is -2.22. The lowest BCUT2D eigenvalue weighted by atomic mass is 10.1. The first-order chi connectivity index (χ1) is 15.4. The summed E-state index contributed by atoms with van der Waals surface area (Å²) in [7, 11) is -3.39. The van der Waals surface area contributed by atoms with Crippen molar-refractivity contribution in [2.75, 3.05) is 23.7 Å². The van der Waals surface area contributed by atoms with Gasteiger partial charge in [-0.05, 0) is 48.9 Å². The van der Waals surface area contributed by atoms with Gasteiger partial charge in [-0.1, -0.05) is 24.3 Å². The van der Waals surface area contributed by atoms with Crippen molar-refractivity contribution in [3.63, 3.8) is 0 Å². The fraction of sp³-hybridized carbons (Fsp3) is 0.227. The van der Waals surface area contributed by atoms with Gasteiger partial charge in [0.25, 0.3) is 15.9 Å². The first-order valence-corrected chi connectivity index (χ1v) is 13.4. The molecular formula is C22H20N4O3S3. The predicted molar refractivity (Wildman–Crippen MR) is 129 cm³/mol. The Morgan fingerprint density at radius 3 is 2.75 bits per heavy atom. The van der Waals surface area contributed by atoms with Crippen LogP contribution in [0.4, 0.5) is 5.69 Å². The number of carbonyl (C=O) groups is 1. The van der Waals surface area contributed by atoms with E-state index >= 15 is 0 Å². The Kier molecular flexibility index (Phi) is 5.52. The molecule has 32 heavy (non-hydrogen) atoms. The molecule has 7 nitrogen and oxygen atoms in total. The third kappa shape index (κ3) is 4.30. The van der Waals surface area contributed by atoms with Gasteiger partial charge in [-0.15, -0.1) is 15.7 Å². The van der Waals surface area contributed by atoms with Crippen LogP contribution in [-0.4, -0.2) is 43.3 Å². The second-order valence-electron chi connectivity index (χ2n) is 7.55. The normalized spacial score (nSPS) is 16.3. The Morgan fingerprint density at radius 2 is 2.00 bits per heavy atom. The van der Waals surface area contributed by atoms with Crippen LogP contribution >= 0.6 is 23.1 Å². The maximum Gasteiger partial charge on any atom is 0.257 e. The topological polar surface area (TPSA) is 91.7 Å². The highest BCUT2D eigenvalue weighted by atomic mass is 32.2. The molecule has 0 fully saturated rings. The average molecular weight is 485 g/mol. The summed E-state index contributed by atoms with van der Waals surface area (Å²) >= 11 is 2.92. The standard InChI is InChI=1S/C22H20N4O3S3/c1-14-24-18(13-30-14)16-4-2-15(3-5-16)8-9-23-21(27)17-6-7-19-20(12-17)31-22-25-32(28,29)11-10-26(19)22/h2-7,12-13H,8-11H2,1H3,(H,23,27). The molecule has 0 saturated carbocycles. The van der Waals surface area contributed by atoms with E-state index in [1.54, 1.807) is 23.5 Å². The molecule has 5 rings (SSSR count). The van der Waals surface area contributed by atoms with E-state index in [-0.39, 0.29) is 11.7 Å². The van der Waals surface area contributed by atoms with E-state index in [0.29, 0.717) is 23.8 Å². The molecule has 2 aliphatic heterocycles. The number of amidine groups is 1. The molecule has 3 heterocycles. The van der Waals surface area contributed by atoms with Gasteiger partial charge < -0.3 is 10.2 Å². The van der Waals surface area contributed by atoms with Gasteiger partial charge in [-0.3, -0.25) is 4.79 Å². The van der Waals surface area contributed by atoms with Crippen molar-refractivity contribution >= 4 is 49.9 Å². The third-order valence-corrected chi connectivity index (χ3v) is 8.38. The number of hydrogen-bond donors (Lipinski definition) is 1. The second-order valence-corrected chi connectivity index (χ2v) is 11.4. The van der Waals surface area contributed by atoms with Gasteiger partial charge in [0, 0.05) is 34.5 Å². The van der Waals surface area contributed by atoms with Crippen LogP contribution in [0.1, 0.15) is 20.9 Å². The Morgan fingerprint density at radius 1 is 1.19 bits per heavy atom. The van der Waals surface area contributed by atoms with Gasteiger partial charge in [-0.2, -0.15) is 0 Å². The van der Waals surface area contributed by atoms with E-state index in [0.717, 1.165) is 38.8 Å². The van der Waals surface area contributed by atoms with Crippen molar-refractivity contribution in [1.82, 2.24) is 10.3 Å². The van der Waals surface area contributed by atoms with E-state index in [9.17, 15) is 13.2 Å². The van der Waals surface area contributed by atoms with Crippen LogP contribution in [-0.2, 0) is 16.4 Å². The van der Waals surface area contributed by atoms with Crippen LogP contribution in [0.2, 0.25) is 0 Å². The molecule has 3 aromatic rings. The first kappa shape index (κ1) is 21.2. The Bertz CT molecular complexity index is 1330. The lowest BCUT2D eigenvalue weighted by Crippen LogP contribution is -2.35. The second kappa shape index (κ2) is 8.34. The molecule has 2 aliphatic rings. The van der Waals surface area contributed by atoms with Crippen molar-refractivity contribution in [3.05, 3.63) is 64.0 Å². The van der Waals surface area contributed by atoms with Crippen LogP contribution < -0.4 is 10.2 Å². The van der Waals surface area contributed by atoms with Gasteiger partial charge in [-0.25, -0.2) is 13.4 Å². The van der Waals surface area contributed by atoms with Crippen molar-refractivity contribution in [1.29, 1.82) is 0 Å². The maximum atomic E-state index is 12.6. The predicted octanol–water partition coefficient (Wildman–Crippen LogP) is 3.70. The average Bonchev–Trinajstić information content (AvgIpc) is 3.35. The molecule has 1 aromatic heterocycles. The number of aromatic nitrogens is 1. The van der Waals surface area contributed by atoms with Crippen molar-refractivity contribution in [2.45, 2.75) is 18.2 Å². The molecule has 0 aliphatic carbocycles. The molecule has 0 unspecified atom stereocenters. The Balaban J connectivity index is 1.20. The number of sulfonamides is 1. The number of hydrogen-bond acceptors (Lipinski definition) is 7. The summed E-state index contributed by atoms with van der Waals surface area (Å²) in [5.74, 6) is -0.147. The summed E-state index contributed by atoms with van der Waals surface area (Å²) < 4.78 is 27.4. The number of nitrogens with one attached hydrogen (secondary N) is 1. The minimum atomic E-state index is -3.39. The van der Waals surface area contributed by atoms with E-state index in [4.69, 9.17) is 0 Å². The monoisotopic (exact) mass is 484 g/mol. The fourth-order valence-electron chi connectivity index (χ4n) is 3.63. The number of carbonyl (C=O) groups excluding carboxylic acids is 1. The summed E-state index contributed by atoms with van der Waals surface area (Å²) in [6.45, 7) is 2.90. The molecule has 0 saturated heterocycles. The number of rotatable bonds is 5. The van der Waals surface area contributed by atoms with Gasteiger partial charge >= 0.3 is 0 Å². The minimum absolute atomic E-state index is 0.00311. The molecule has 1 N–H and O–H groups in total. The number of nitrogens with zero attached hydrogens (tertiary/aromatic N) is 3. The van der Waals surface area contributed by atoms with Crippen molar-refractivity contribution in [2.24, 2.45) is 4.40 Å². The molecule has 0 spiro atoms. The lowest BCUT2D eigenvalue weighted by molar-refractivity contribution is 0.0954. The smallest absolute Gasteiger partial charge is 0.257 e. The molecule has 0 radical (unpaired) electrons. The van der Waals surface area contributed by atoms with Gasteiger partial charge in [0.15, 0.2) is 5.17 Å². The van der Waals surface area contributed by atoms with Crippen LogP contribution in [0.25, 0.3) is 11.3 Å². The van der Waals surface area contributed by atoms with Crippen LogP contribution in [0.5, 0.6) is 0 Å². The summed E-state index contributed by atoms with van der Waals surface area (Å²) in [5.41, 5.74) is 4.67. The van der Waals surface area contributed by atoms with E-state index < -0.39 is 10.0 Å². The number of thiazole rings is 1. The van der Waals surface area contributed by atoms with E-state index in [1.807, 2.05) is 17.9 Å². The number of anilines is 1. The van der Waals surface area contributed by atoms with Crippen molar-refractivity contribution < 1.29 is 13.2 Å².